The average Bonchev–Trinajstić information content (AvgIpc) is 2.87. The molecule has 0 aliphatic carbocycles. The largest absolute Gasteiger partial charge is 0.496 e. The fourth-order valence-corrected chi connectivity index (χ4v) is 3.78. The van der Waals surface area contributed by atoms with Gasteiger partial charge in [0.25, 0.3) is 0 Å². The molecule has 0 spiro atoms. The Morgan fingerprint density at radius 1 is 0.794 bits per heavy atom. The molecular formula is C29H26O5. The van der Waals surface area contributed by atoms with Crippen molar-refractivity contribution in [3.05, 3.63) is 113 Å². The number of benzene rings is 4. The van der Waals surface area contributed by atoms with Gasteiger partial charge in [0.05, 0.1) is 12.7 Å². The van der Waals surface area contributed by atoms with Crippen molar-refractivity contribution in [2.75, 3.05) is 7.11 Å². The van der Waals surface area contributed by atoms with Crippen LogP contribution in [0.2, 0.25) is 0 Å². The molecule has 0 fully saturated rings. The number of hydrogen-bond acceptors (Lipinski definition) is 5. The summed E-state index contributed by atoms with van der Waals surface area (Å²) in [6, 6.07) is 28.3. The Morgan fingerprint density at radius 2 is 1.53 bits per heavy atom. The van der Waals surface area contributed by atoms with Gasteiger partial charge in [-0.05, 0) is 52.6 Å². The predicted octanol–water partition coefficient (Wildman–Crippen LogP) is 5.67. The van der Waals surface area contributed by atoms with Gasteiger partial charge in [-0.25, -0.2) is 9.59 Å². The van der Waals surface area contributed by atoms with E-state index in [-0.39, 0.29) is 13.0 Å². The molecule has 0 aromatic heterocycles. The molecule has 0 unspecified atom stereocenters. The Hall–Kier alpha value is -4.12. The molecule has 0 amide bonds. The van der Waals surface area contributed by atoms with Gasteiger partial charge in [0.1, 0.15) is 12.4 Å². The summed E-state index contributed by atoms with van der Waals surface area (Å²) in [6.45, 7) is 1.95. The zero-order valence-corrected chi connectivity index (χ0v) is 19.2. The number of esters is 2. The van der Waals surface area contributed by atoms with Crippen LogP contribution in [0.3, 0.4) is 0 Å². The summed E-state index contributed by atoms with van der Waals surface area (Å²) >= 11 is 0. The second-order valence-electron chi connectivity index (χ2n) is 8.06. The van der Waals surface area contributed by atoms with E-state index in [1.54, 1.807) is 25.3 Å². The Kier molecular flexibility index (Phi) is 7.23. The highest BCUT2D eigenvalue weighted by Gasteiger charge is 2.26. The van der Waals surface area contributed by atoms with E-state index >= 15 is 0 Å². The molecule has 0 aliphatic rings. The fourth-order valence-electron chi connectivity index (χ4n) is 3.78. The van der Waals surface area contributed by atoms with Crippen LogP contribution in [-0.4, -0.2) is 25.2 Å². The highest BCUT2D eigenvalue weighted by atomic mass is 16.6. The molecule has 34 heavy (non-hydrogen) atoms. The summed E-state index contributed by atoms with van der Waals surface area (Å²) in [5.74, 6) is -0.504. The molecule has 5 heteroatoms. The van der Waals surface area contributed by atoms with Gasteiger partial charge in [-0.2, -0.15) is 0 Å². The van der Waals surface area contributed by atoms with E-state index < -0.39 is 18.0 Å². The SMILES string of the molecule is COc1ccc(C(=O)O[C@H](Cc2ccc3ccccc3c2)C(=O)OCc2ccccc2)cc1C. The Morgan fingerprint density at radius 3 is 2.26 bits per heavy atom. The highest BCUT2D eigenvalue weighted by molar-refractivity contribution is 5.92. The summed E-state index contributed by atoms with van der Waals surface area (Å²) in [6.07, 6.45) is -0.876. The zero-order chi connectivity index (χ0) is 23.9. The van der Waals surface area contributed by atoms with Gasteiger partial charge in [0.2, 0.25) is 6.10 Å². The molecule has 0 saturated heterocycles. The third-order valence-corrected chi connectivity index (χ3v) is 5.60. The number of hydrogen-bond donors (Lipinski definition) is 0. The van der Waals surface area contributed by atoms with Crippen molar-refractivity contribution in [2.24, 2.45) is 0 Å². The van der Waals surface area contributed by atoms with Crippen LogP contribution in [0, 0.1) is 6.92 Å². The van der Waals surface area contributed by atoms with E-state index in [2.05, 4.69) is 0 Å². The lowest BCUT2D eigenvalue weighted by molar-refractivity contribution is -0.155. The number of aryl methyl sites for hydroxylation is 1. The van der Waals surface area contributed by atoms with Crippen LogP contribution in [0.5, 0.6) is 5.75 Å². The minimum Gasteiger partial charge on any atom is -0.496 e. The first-order valence-electron chi connectivity index (χ1n) is 11.1. The van der Waals surface area contributed by atoms with E-state index in [0.29, 0.717) is 11.3 Å². The van der Waals surface area contributed by atoms with Crippen molar-refractivity contribution in [3.63, 3.8) is 0 Å². The van der Waals surface area contributed by atoms with Crippen molar-refractivity contribution >= 4 is 22.7 Å². The van der Waals surface area contributed by atoms with Crippen molar-refractivity contribution in [1.29, 1.82) is 0 Å². The Labute approximate surface area is 198 Å². The molecule has 0 saturated carbocycles. The molecule has 4 aromatic carbocycles. The van der Waals surface area contributed by atoms with Gasteiger partial charge in [-0.15, -0.1) is 0 Å². The predicted molar refractivity (Wildman–Crippen MR) is 131 cm³/mol. The topological polar surface area (TPSA) is 61.8 Å². The van der Waals surface area contributed by atoms with Gasteiger partial charge in [-0.3, -0.25) is 0 Å². The highest BCUT2D eigenvalue weighted by Crippen LogP contribution is 2.21. The van der Waals surface area contributed by atoms with Crippen LogP contribution in [0.4, 0.5) is 0 Å². The molecular weight excluding hydrogens is 428 g/mol. The number of rotatable bonds is 8. The lowest BCUT2D eigenvalue weighted by atomic mass is 10.0. The number of ether oxygens (including phenoxy) is 3. The summed E-state index contributed by atoms with van der Waals surface area (Å²) in [4.78, 5) is 25.9. The van der Waals surface area contributed by atoms with Gasteiger partial charge < -0.3 is 14.2 Å². The molecule has 4 rings (SSSR count). The molecule has 172 valence electrons. The Balaban J connectivity index is 1.54. The number of carbonyl (C=O) groups excluding carboxylic acids is 2. The van der Waals surface area contributed by atoms with Gasteiger partial charge in [-0.1, -0.05) is 72.8 Å². The summed E-state index contributed by atoms with van der Waals surface area (Å²) in [5, 5.41) is 2.15. The van der Waals surface area contributed by atoms with E-state index in [9.17, 15) is 9.59 Å². The number of fused-ring (bicyclic) bond motifs is 1. The lowest BCUT2D eigenvalue weighted by Gasteiger charge is -2.18. The number of methoxy groups -OCH3 is 1. The van der Waals surface area contributed by atoms with Gasteiger partial charge >= 0.3 is 11.9 Å². The van der Waals surface area contributed by atoms with Crippen molar-refractivity contribution in [2.45, 2.75) is 26.1 Å². The van der Waals surface area contributed by atoms with Gasteiger partial charge in [0.15, 0.2) is 0 Å². The summed E-state index contributed by atoms with van der Waals surface area (Å²) in [5.41, 5.74) is 2.88. The first kappa shape index (κ1) is 23.1. The van der Waals surface area contributed by atoms with Crippen LogP contribution in [0.25, 0.3) is 10.8 Å². The van der Waals surface area contributed by atoms with E-state index in [1.807, 2.05) is 79.7 Å². The molecule has 1 atom stereocenters. The Bertz CT molecular complexity index is 1300. The van der Waals surface area contributed by atoms with Crippen LogP contribution in [-0.2, 0) is 27.3 Å². The quantitative estimate of drug-likeness (QED) is 0.321. The fraction of sp³-hybridized carbons (Fsp3) is 0.172. The molecule has 0 N–H and O–H groups in total. The maximum atomic E-state index is 13.0. The maximum absolute atomic E-state index is 13.0. The van der Waals surface area contributed by atoms with E-state index in [1.165, 1.54) is 0 Å². The van der Waals surface area contributed by atoms with Crippen LogP contribution in [0.15, 0.2) is 91.0 Å². The molecule has 0 heterocycles. The summed E-state index contributed by atoms with van der Waals surface area (Å²) in [7, 11) is 1.57. The monoisotopic (exact) mass is 454 g/mol. The normalized spacial score (nSPS) is 11.6. The molecule has 0 bridgehead atoms. The van der Waals surface area contributed by atoms with Crippen LogP contribution >= 0.6 is 0 Å². The van der Waals surface area contributed by atoms with E-state index in [4.69, 9.17) is 14.2 Å². The number of carbonyl (C=O) groups is 2. The molecule has 0 radical (unpaired) electrons. The van der Waals surface area contributed by atoms with Crippen molar-refractivity contribution in [3.8, 4) is 5.75 Å². The second kappa shape index (κ2) is 10.7. The third kappa shape index (κ3) is 5.62. The van der Waals surface area contributed by atoms with E-state index in [0.717, 1.165) is 27.5 Å². The second-order valence-corrected chi connectivity index (χ2v) is 8.06. The smallest absolute Gasteiger partial charge is 0.348 e. The molecule has 4 aromatic rings. The van der Waals surface area contributed by atoms with Crippen molar-refractivity contribution in [1.82, 2.24) is 0 Å². The first-order chi connectivity index (χ1) is 16.5. The first-order valence-corrected chi connectivity index (χ1v) is 11.1. The zero-order valence-electron chi connectivity index (χ0n) is 19.2. The van der Waals surface area contributed by atoms with Crippen LogP contribution < -0.4 is 4.74 Å². The van der Waals surface area contributed by atoms with Crippen LogP contribution in [0.1, 0.15) is 27.0 Å². The van der Waals surface area contributed by atoms with Crippen molar-refractivity contribution < 1.29 is 23.8 Å². The lowest BCUT2D eigenvalue weighted by Crippen LogP contribution is -2.31. The minimum absolute atomic E-state index is 0.104. The third-order valence-electron chi connectivity index (χ3n) is 5.60. The van der Waals surface area contributed by atoms with Gasteiger partial charge in [0, 0.05) is 6.42 Å². The standard InChI is InChI=1S/C29H26O5/c1-20-16-25(14-15-26(20)32-2)28(30)34-27(29(31)33-19-21-8-4-3-5-9-21)18-22-12-13-23-10-6-7-11-24(23)17-22/h3-17,27H,18-19H2,1-2H3/t27-/m1/s1. The minimum atomic E-state index is -1.08. The maximum Gasteiger partial charge on any atom is 0.348 e. The average molecular weight is 455 g/mol. The molecule has 5 nitrogen and oxygen atoms in total. The molecule has 0 aliphatic heterocycles. The summed E-state index contributed by atoms with van der Waals surface area (Å²) < 4.78 is 16.4.